The monoisotopic (exact) mass is 204 g/mol. The third-order valence-corrected chi connectivity index (χ3v) is 2.40. The summed E-state index contributed by atoms with van der Waals surface area (Å²) in [7, 11) is 0. The molecule has 1 aromatic carbocycles. The van der Waals surface area contributed by atoms with Crippen LogP contribution in [-0.2, 0) is 0 Å². The van der Waals surface area contributed by atoms with Gasteiger partial charge in [0.25, 0.3) is 5.91 Å². The maximum absolute atomic E-state index is 11.8. The Bertz CT molecular complexity index is 398. The summed E-state index contributed by atoms with van der Waals surface area (Å²) >= 11 is 0. The normalized spacial score (nSPS) is 15.3. The molecule has 1 saturated heterocycles. The Hall–Kier alpha value is -1.84. The van der Waals surface area contributed by atoms with Crippen molar-refractivity contribution < 1.29 is 9.59 Å². The smallest absolute Gasteiger partial charge is 0.324 e. The van der Waals surface area contributed by atoms with E-state index >= 15 is 0 Å². The molecule has 78 valence electrons. The van der Waals surface area contributed by atoms with Crippen molar-refractivity contribution in [2.75, 3.05) is 13.1 Å². The highest BCUT2D eigenvalue weighted by Gasteiger charge is 2.26. The summed E-state index contributed by atoms with van der Waals surface area (Å²) in [6.45, 7) is 2.94. The molecule has 0 radical (unpaired) electrons. The number of imide groups is 1. The minimum Gasteiger partial charge on any atom is -0.336 e. The summed E-state index contributed by atoms with van der Waals surface area (Å²) in [4.78, 5) is 24.3. The lowest BCUT2D eigenvalue weighted by molar-refractivity contribution is 0.0829. The van der Waals surface area contributed by atoms with E-state index in [1.807, 2.05) is 19.1 Å². The molecular weight excluding hydrogens is 192 g/mol. The summed E-state index contributed by atoms with van der Waals surface area (Å²) in [6.07, 6.45) is 0. The van der Waals surface area contributed by atoms with E-state index < -0.39 is 0 Å². The summed E-state index contributed by atoms with van der Waals surface area (Å²) in [5.74, 6) is -0.231. The highest BCUT2D eigenvalue weighted by Crippen LogP contribution is 2.09. The predicted molar refractivity (Wildman–Crippen MR) is 55.6 cm³/mol. The summed E-state index contributed by atoms with van der Waals surface area (Å²) < 4.78 is 0. The van der Waals surface area contributed by atoms with E-state index in [1.54, 1.807) is 12.1 Å². The van der Waals surface area contributed by atoms with Crippen LogP contribution in [0.5, 0.6) is 0 Å². The first-order valence-electron chi connectivity index (χ1n) is 4.85. The van der Waals surface area contributed by atoms with Crippen LogP contribution in [0.25, 0.3) is 0 Å². The molecule has 1 aliphatic rings. The molecule has 1 fully saturated rings. The van der Waals surface area contributed by atoms with Gasteiger partial charge in [0, 0.05) is 18.7 Å². The SMILES string of the molecule is Cc1ccc(C(=O)N2CCNC2=O)cc1. The summed E-state index contributed by atoms with van der Waals surface area (Å²) in [6, 6.07) is 6.90. The van der Waals surface area contributed by atoms with Crippen molar-refractivity contribution in [1.29, 1.82) is 0 Å². The number of urea groups is 1. The van der Waals surface area contributed by atoms with Gasteiger partial charge < -0.3 is 5.32 Å². The third-order valence-electron chi connectivity index (χ3n) is 2.40. The van der Waals surface area contributed by atoms with Crippen LogP contribution in [0.2, 0.25) is 0 Å². The van der Waals surface area contributed by atoms with Crippen LogP contribution >= 0.6 is 0 Å². The first-order valence-corrected chi connectivity index (χ1v) is 4.85. The van der Waals surface area contributed by atoms with Crippen LogP contribution in [0, 0.1) is 6.92 Å². The fourth-order valence-electron chi connectivity index (χ4n) is 1.52. The number of rotatable bonds is 1. The number of aryl methyl sites for hydroxylation is 1. The van der Waals surface area contributed by atoms with Crippen LogP contribution in [0.3, 0.4) is 0 Å². The zero-order valence-electron chi connectivity index (χ0n) is 8.49. The van der Waals surface area contributed by atoms with Gasteiger partial charge in [-0.2, -0.15) is 0 Å². The van der Waals surface area contributed by atoms with Gasteiger partial charge in [-0.3, -0.25) is 9.69 Å². The molecule has 0 atom stereocenters. The van der Waals surface area contributed by atoms with Gasteiger partial charge >= 0.3 is 6.03 Å². The fraction of sp³-hybridized carbons (Fsp3) is 0.273. The molecule has 1 aliphatic heterocycles. The molecule has 1 N–H and O–H groups in total. The Morgan fingerprint density at radius 3 is 2.53 bits per heavy atom. The van der Waals surface area contributed by atoms with E-state index in [9.17, 15) is 9.59 Å². The maximum atomic E-state index is 11.8. The minimum atomic E-state index is -0.305. The molecule has 0 bridgehead atoms. The minimum absolute atomic E-state index is 0.231. The van der Waals surface area contributed by atoms with Gasteiger partial charge in [-0.25, -0.2) is 4.79 Å². The molecule has 0 aromatic heterocycles. The number of nitrogens with zero attached hydrogens (tertiary/aromatic N) is 1. The van der Waals surface area contributed by atoms with Gasteiger partial charge in [0.2, 0.25) is 0 Å². The Labute approximate surface area is 87.9 Å². The molecule has 3 amide bonds. The lowest BCUT2D eigenvalue weighted by atomic mass is 10.1. The summed E-state index contributed by atoms with van der Waals surface area (Å²) in [5.41, 5.74) is 1.65. The van der Waals surface area contributed by atoms with E-state index in [0.29, 0.717) is 18.7 Å². The van der Waals surface area contributed by atoms with E-state index in [2.05, 4.69) is 5.32 Å². The lowest BCUT2D eigenvalue weighted by Gasteiger charge is -2.11. The number of nitrogens with one attached hydrogen (secondary N) is 1. The van der Waals surface area contributed by atoms with Gasteiger partial charge in [-0.1, -0.05) is 17.7 Å². The standard InChI is InChI=1S/C11H12N2O2/c1-8-2-4-9(5-3-8)10(14)13-7-6-12-11(13)15/h2-5H,6-7H2,1H3,(H,12,15). The highest BCUT2D eigenvalue weighted by molar-refractivity contribution is 6.05. The topological polar surface area (TPSA) is 49.4 Å². The number of carbonyl (C=O) groups is 2. The van der Waals surface area contributed by atoms with Crippen LogP contribution in [-0.4, -0.2) is 29.9 Å². The van der Waals surface area contributed by atoms with Crippen molar-refractivity contribution >= 4 is 11.9 Å². The fourth-order valence-corrected chi connectivity index (χ4v) is 1.52. The molecule has 4 nitrogen and oxygen atoms in total. The molecule has 0 aliphatic carbocycles. The van der Waals surface area contributed by atoms with Crippen LogP contribution in [0.1, 0.15) is 15.9 Å². The average molecular weight is 204 g/mol. The highest BCUT2D eigenvalue weighted by atomic mass is 16.2. The number of hydrogen-bond donors (Lipinski definition) is 1. The number of carbonyl (C=O) groups excluding carboxylic acids is 2. The average Bonchev–Trinajstić information content (AvgIpc) is 2.65. The second kappa shape index (κ2) is 3.73. The molecule has 2 rings (SSSR count). The zero-order valence-corrected chi connectivity index (χ0v) is 8.49. The third kappa shape index (κ3) is 1.83. The summed E-state index contributed by atoms with van der Waals surface area (Å²) in [5, 5.41) is 2.60. The second-order valence-corrected chi connectivity index (χ2v) is 3.55. The lowest BCUT2D eigenvalue weighted by Crippen LogP contribution is -2.34. The van der Waals surface area contributed by atoms with Gasteiger partial charge in [-0.15, -0.1) is 0 Å². The van der Waals surface area contributed by atoms with Gasteiger partial charge in [0.15, 0.2) is 0 Å². The van der Waals surface area contributed by atoms with E-state index in [1.165, 1.54) is 4.90 Å². The van der Waals surface area contributed by atoms with Crippen molar-refractivity contribution in [3.8, 4) is 0 Å². The Balaban J connectivity index is 2.20. The molecular formula is C11H12N2O2. The number of hydrogen-bond acceptors (Lipinski definition) is 2. The number of benzene rings is 1. The number of amides is 3. The van der Waals surface area contributed by atoms with E-state index in [-0.39, 0.29) is 11.9 Å². The predicted octanol–water partition coefficient (Wildman–Crippen LogP) is 1.16. The van der Waals surface area contributed by atoms with Crippen LogP contribution in [0.15, 0.2) is 24.3 Å². The Kier molecular flexibility index (Phi) is 2.41. The second-order valence-electron chi connectivity index (χ2n) is 3.55. The van der Waals surface area contributed by atoms with Gasteiger partial charge in [0.1, 0.15) is 0 Å². The van der Waals surface area contributed by atoms with Crippen LogP contribution < -0.4 is 5.32 Å². The van der Waals surface area contributed by atoms with Gasteiger partial charge in [0.05, 0.1) is 0 Å². The van der Waals surface area contributed by atoms with E-state index in [4.69, 9.17) is 0 Å². The Morgan fingerprint density at radius 2 is 2.00 bits per heavy atom. The molecule has 0 spiro atoms. The molecule has 1 heterocycles. The van der Waals surface area contributed by atoms with Crippen molar-refractivity contribution in [1.82, 2.24) is 10.2 Å². The Morgan fingerprint density at radius 1 is 1.33 bits per heavy atom. The van der Waals surface area contributed by atoms with Gasteiger partial charge in [-0.05, 0) is 19.1 Å². The van der Waals surface area contributed by atoms with Crippen molar-refractivity contribution in [3.05, 3.63) is 35.4 Å². The molecule has 0 saturated carbocycles. The molecule has 1 aromatic rings. The van der Waals surface area contributed by atoms with E-state index in [0.717, 1.165) is 5.56 Å². The van der Waals surface area contributed by atoms with Crippen molar-refractivity contribution in [3.63, 3.8) is 0 Å². The maximum Gasteiger partial charge on any atom is 0.324 e. The largest absolute Gasteiger partial charge is 0.336 e. The first kappa shape index (κ1) is 9.71. The molecule has 15 heavy (non-hydrogen) atoms. The molecule has 4 heteroatoms. The van der Waals surface area contributed by atoms with Crippen molar-refractivity contribution in [2.45, 2.75) is 6.92 Å². The van der Waals surface area contributed by atoms with Crippen LogP contribution in [0.4, 0.5) is 4.79 Å². The van der Waals surface area contributed by atoms with Crippen molar-refractivity contribution in [2.24, 2.45) is 0 Å². The molecule has 0 unspecified atom stereocenters. The first-order chi connectivity index (χ1) is 7.18. The zero-order chi connectivity index (χ0) is 10.8. The quantitative estimate of drug-likeness (QED) is 0.746.